The molecule has 0 unspecified atom stereocenters. The lowest BCUT2D eigenvalue weighted by atomic mass is 9.96. The van der Waals surface area contributed by atoms with Crippen molar-refractivity contribution >= 4 is 16.7 Å². The van der Waals surface area contributed by atoms with Crippen LogP contribution in [0.5, 0.6) is 0 Å². The fourth-order valence-electron chi connectivity index (χ4n) is 3.60. The van der Waals surface area contributed by atoms with Crippen LogP contribution in [0.3, 0.4) is 0 Å². The monoisotopic (exact) mass is 311 g/mol. The average molecular weight is 311 g/mol. The van der Waals surface area contributed by atoms with Crippen LogP contribution in [-0.2, 0) is 4.74 Å². The molecule has 1 aliphatic heterocycles. The highest BCUT2D eigenvalue weighted by molar-refractivity contribution is 6.07. The second-order valence-corrected chi connectivity index (χ2v) is 6.31. The van der Waals surface area contributed by atoms with Crippen LogP contribution in [-0.4, -0.2) is 37.1 Å². The maximum absolute atomic E-state index is 13.2. The number of rotatable bonds is 5. The third-order valence-electron chi connectivity index (χ3n) is 4.79. The highest BCUT2D eigenvalue weighted by atomic mass is 16.5. The first-order valence-electron chi connectivity index (χ1n) is 8.59. The van der Waals surface area contributed by atoms with Crippen LogP contribution in [0.15, 0.2) is 42.5 Å². The van der Waals surface area contributed by atoms with Crippen molar-refractivity contribution in [3.63, 3.8) is 0 Å². The van der Waals surface area contributed by atoms with Crippen LogP contribution in [0.4, 0.5) is 0 Å². The number of piperidine rings is 1. The van der Waals surface area contributed by atoms with E-state index >= 15 is 0 Å². The first kappa shape index (κ1) is 16.0. The van der Waals surface area contributed by atoms with E-state index in [-0.39, 0.29) is 5.91 Å². The van der Waals surface area contributed by atoms with Gasteiger partial charge in [-0.1, -0.05) is 36.4 Å². The molecule has 2 aromatic rings. The lowest BCUT2D eigenvalue weighted by Gasteiger charge is -2.36. The van der Waals surface area contributed by atoms with Gasteiger partial charge in [0.05, 0.1) is 0 Å². The van der Waals surface area contributed by atoms with Gasteiger partial charge in [0, 0.05) is 31.9 Å². The van der Waals surface area contributed by atoms with E-state index in [0.29, 0.717) is 6.04 Å². The number of carbonyl (C=O) groups excluding carboxylic acids is 1. The molecule has 0 aromatic heterocycles. The summed E-state index contributed by atoms with van der Waals surface area (Å²) in [6, 6.07) is 14.5. The number of carbonyl (C=O) groups is 1. The van der Waals surface area contributed by atoms with Gasteiger partial charge in [0.25, 0.3) is 5.91 Å². The maximum atomic E-state index is 13.2. The number of methoxy groups -OCH3 is 1. The average Bonchev–Trinajstić information content (AvgIpc) is 2.61. The van der Waals surface area contributed by atoms with Crippen LogP contribution in [0.2, 0.25) is 0 Å². The first-order chi connectivity index (χ1) is 11.3. The molecule has 0 spiro atoms. The Labute approximate surface area is 138 Å². The van der Waals surface area contributed by atoms with Gasteiger partial charge in [0.2, 0.25) is 0 Å². The second-order valence-electron chi connectivity index (χ2n) is 6.31. The second kappa shape index (κ2) is 7.60. The Bertz CT molecular complexity index is 662. The predicted octanol–water partition coefficient (Wildman–Crippen LogP) is 4.26. The number of likely N-dealkylation sites (tertiary alicyclic amines) is 1. The van der Waals surface area contributed by atoms with E-state index in [4.69, 9.17) is 4.74 Å². The van der Waals surface area contributed by atoms with Crippen molar-refractivity contribution in [2.75, 3.05) is 20.3 Å². The summed E-state index contributed by atoms with van der Waals surface area (Å²) in [5.74, 6) is 0.184. The Balaban J connectivity index is 1.84. The van der Waals surface area contributed by atoms with E-state index in [1.165, 1.54) is 6.42 Å². The number of amides is 1. The SMILES string of the molecule is COCCC[C@@H]1CCCCN1C(=O)c1cccc2ccccc12. The molecule has 1 saturated heterocycles. The number of hydrogen-bond acceptors (Lipinski definition) is 2. The number of hydrogen-bond donors (Lipinski definition) is 0. The summed E-state index contributed by atoms with van der Waals surface area (Å²) in [7, 11) is 1.74. The number of benzene rings is 2. The predicted molar refractivity (Wildman–Crippen MR) is 93.7 cm³/mol. The van der Waals surface area contributed by atoms with Crippen LogP contribution < -0.4 is 0 Å². The molecule has 0 saturated carbocycles. The minimum absolute atomic E-state index is 0.184. The zero-order valence-electron chi connectivity index (χ0n) is 13.8. The summed E-state index contributed by atoms with van der Waals surface area (Å²) in [6.07, 6.45) is 5.49. The van der Waals surface area contributed by atoms with Crippen molar-refractivity contribution in [3.8, 4) is 0 Å². The molecule has 1 aliphatic rings. The van der Waals surface area contributed by atoms with Crippen molar-refractivity contribution in [3.05, 3.63) is 48.0 Å². The molecule has 3 rings (SSSR count). The van der Waals surface area contributed by atoms with E-state index in [1.54, 1.807) is 7.11 Å². The van der Waals surface area contributed by atoms with E-state index in [2.05, 4.69) is 17.0 Å². The van der Waals surface area contributed by atoms with Gasteiger partial charge in [-0.2, -0.15) is 0 Å². The van der Waals surface area contributed by atoms with Crippen LogP contribution in [0, 0.1) is 0 Å². The molecule has 0 aliphatic carbocycles. The van der Waals surface area contributed by atoms with Crippen molar-refractivity contribution in [1.82, 2.24) is 4.90 Å². The minimum Gasteiger partial charge on any atom is -0.385 e. The van der Waals surface area contributed by atoms with Gasteiger partial charge in [0.1, 0.15) is 0 Å². The van der Waals surface area contributed by atoms with Gasteiger partial charge in [-0.05, 0) is 48.9 Å². The molecular weight excluding hydrogens is 286 g/mol. The molecule has 1 amide bonds. The van der Waals surface area contributed by atoms with Gasteiger partial charge in [-0.25, -0.2) is 0 Å². The first-order valence-corrected chi connectivity index (χ1v) is 8.59. The number of fused-ring (bicyclic) bond motifs is 1. The maximum Gasteiger partial charge on any atom is 0.254 e. The number of ether oxygens (including phenoxy) is 1. The van der Waals surface area contributed by atoms with Crippen LogP contribution in [0.1, 0.15) is 42.5 Å². The van der Waals surface area contributed by atoms with Gasteiger partial charge in [-0.15, -0.1) is 0 Å². The van der Waals surface area contributed by atoms with Crippen LogP contribution in [0.25, 0.3) is 10.8 Å². The quantitative estimate of drug-likeness (QED) is 0.772. The zero-order valence-corrected chi connectivity index (χ0v) is 13.8. The molecule has 3 nitrogen and oxygen atoms in total. The fourth-order valence-corrected chi connectivity index (χ4v) is 3.60. The van der Waals surface area contributed by atoms with Gasteiger partial charge in [-0.3, -0.25) is 4.79 Å². The lowest BCUT2D eigenvalue weighted by molar-refractivity contribution is 0.0587. The molecule has 1 atom stereocenters. The Hall–Kier alpha value is -1.87. The Kier molecular flexibility index (Phi) is 5.29. The molecule has 1 fully saturated rings. The summed E-state index contributed by atoms with van der Waals surface area (Å²) < 4.78 is 5.17. The normalized spacial score (nSPS) is 18.3. The topological polar surface area (TPSA) is 29.5 Å². The van der Waals surface area contributed by atoms with Gasteiger partial charge >= 0.3 is 0 Å². The summed E-state index contributed by atoms with van der Waals surface area (Å²) >= 11 is 0. The molecule has 2 aromatic carbocycles. The smallest absolute Gasteiger partial charge is 0.254 e. The van der Waals surface area contributed by atoms with Crippen molar-refractivity contribution in [1.29, 1.82) is 0 Å². The lowest BCUT2D eigenvalue weighted by Crippen LogP contribution is -2.43. The van der Waals surface area contributed by atoms with E-state index in [9.17, 15) is 4.79 Å². The fraction of sp³-hybridized carbons (Fsp3) is 0.450. The summed E-state index contributed by atoms with van der Waals surface area (Å²) in [6.45, 7) is 1.65. The molecular formula is C20H25NO2. The highest BCUT2D eigenvalue weighted by Gasteiger charge is 2.27. The Morgan fingerprint density at radius 2 is 2.00 bits per heavy atom. The van der Waals surface area contributed by atoms with Gasteiger partial charge < -0.3 is 9.64 Å². The van der Waals surface area contributed by atoms with E-state index in [1.807, 2.05) is 30.3 Å². The molecule has 1 heterocycles. The van der Waals surface area contributed by atoms with E-state index in [0.717, 1.165) is 55.2 Å². The molecule has 3 heteroatoms. The van der Waals surface area contributed by atoms with Crippen molar-refractivity contribution < 1.29 is 9.53 Å². The molecule has 0 radical (unpaired) electrons. The zero-order chi connectivity index (χ0) is 16.1. The molecule has 0 bridgehead atoms. The van der Waals surface area contributed by atoms with Crippen molar-refractivity contribution in [2.24, 2.45) is 0 Å². The molecule has 23 heavy (non-hydrogen) atoms. The summed E-state index contributed by atoms with van der Waals surface area (Å²) in [5.41, 5.74) is 0.835. The molecule has 0 N–H and O–H groups in total. The third kappa shape index (κ3) is 3.56. The van der Waals surface area contributed by atoms with Crippen molar-refractivity contribution in [2.45, 2.75) is 38.1 Å². The standard InChI is InChI=1S/C20H25NO2/c1-23-15-7-11-17-10-4-5-14-21(17)20(22)19-13-6-9-16-8-2-3-12-18(16)19/h2-3,6,8-9,12-13,17H,4-5,7,10-11,14-15H2,1H3/t17-/m0/s1. The third-order valence-corrected chi connectivity index (χ3v) is 4.79. The molecule has 122 valence electrons. The Morgan fingerprint density at radius 1 is 1.17 bits per heavy atom. The number of nitrogens with zero attached hydrogens (tertiary/aromatic N) is 1. The summed E-state index contributed by atoms with van der Waals surface area (Å²) in [4.78, 5) is 15.2. The highest BCUT2D eigenvalue weighted by Crippen LogP contribution is 2.26. The van der Waals surface area contributed by atoms with E-state index < -0.39 is 0 Å². The Morgan fingerprint density at radius 3 is 2.87 bits per heavy atom. The van der Waals surface area contributed by atoms with Crippen LogP contribution >= 0.6 is 0 Å². The largest absolute Gasteiger partial charge is 0.385 e. The van der Waals surface area contributed by atoms with Gasteiger partial charge in [0.15, 0.2) is 0 Å². The minimum atomic E-state index is 0.184. The summed E-state index contributed by atoms with van der Waals surface area (Å²) in [5, 5.41) is 2.19.